The highest BCUT2D eigenvalue weighted by atomic mass is 35.5. The zero-order valence-electron chi connectivity index (χ0n) is 22.7. The van der Waals surface area contributed by atoms with Gasteiger partial charge in [-0.15, -0.1) is 0 Å². The number of carbonyl (C=O) groups is 1. The third-order valence-electron chi connectivity index (χ3n) is 7.86. The molecule has 0 unspecified atom stereocenters. The molecule has 0 amide bonds. The van der Waals surface area contributed by atoms with E-state index < -0.39 is 11.8 Å². The summed E-state index contributed by atoms with van der Waals surface area (Å²) < 4.78 is 27.8. The van der Waals surface area contributed by atoms with Gasteiger partial charge in [0.2, 0.25) is 5.88 Å². The number of piperazine rings is 1. The molecule has 2 aliphatic rings. The molecule has 6 rings (SSSR count). The summed E-state index contributed by atoms with van der Waals surface area (Å²) in [6, 6.07) is 15.2. The van der Waals surface area contributed by atoms with Gasteiger partial charge in [0.05, 0.1) is 35.3 Å². The minimum Gasteiger partial charge on any atom is -0.478 e. The number of aromatic carboxylic acids is 1. The number of benzene rings is 2. The van der Waals surface area contributed by atoms with Crippen LogP contribution in [0.15, 0.2) is 54.6 Å². The van der Waals surface area contributed by atoms with E-state index in [1.807, 2.05) is 12.1 Å². The second kappa shape index (κ2) is 11.6. The number of carboxylic acids is 1. The highest BCUT2D eigenvalue weighted by Gasteiger charge is 2.29. The molecule has 2 saturated heterocycles. The predicted molar refractivity (Wildman–Crippen MR) is 153 cm³/mol. The van der Waals surface area contributed by atoms with Crippen molar-refractivity contribution in [2.75, 3.05) is 37.7 Å². The number of anilines is 1. The number of halogens is 2. The normalized spacial score (nSPS) is 18.3. The summed E-state index contributed by atoms with van der Waals surface area (Å²) in [6.45, 7) is 6.74. The molecule has 4 aromatic rings. The zero-order valence-corrected chi connectivity index (χ0v) is 23.4. The largest absolute Gasteiger partial charge is 0.478 e. The van der Waals surface area contributed by atoms with Crippen molar-refractivity contribution in [3.05, 3.63) is 82.4 Å². The Hall–Kier alpha value is -3.73. The van der Waals surface area contributed by atoms with Gasteiger partial charge in [0.15, 0.2) is 0 Å². The molecule has 0 aliphatic carbocycles. The van der Waals surface area contributed by atoms with Gasteiger partial charge in [0.1, 0.15) is 24.1 Å². The van der Waals surface area contributed by atoms with E-state index in [4.69, 9.17) is 26.1 Å². The van der Waals surface area contributed by atoms with Crippen molar-refractivity contribution in [3.63, 3.8) is 0 Å². The average molecular weight is 580 g/mol. The average Bonchev–Trinajstić information content (AvgIpc) is 3.32. The highest BCUT2D eigenvalue weighted by Crippen LogP contribution is 2.29. The molecule has 0 radical (unpaired) electrons. The van der Waals surface area contributed by atoms with Crippen LogP contribution in [0.5, 0.6) is 5.88 Å². The van der Waals surface area contributed by atoms with Gasteiger partial charge in [-0.3, -0.25) is 4.90 Å². The van der Waals surface area contributed by atoms with E-state index in [1.54, 1.807) is 36.4 Å². The number of aromatic nitrogens is 3. The number of imidazole rings is 1. The van der Waals surface area contributed by atoms with Crippen LogP contribution < -0.4 is 9.64 Å². The van der Waals surface area contributed by atoms with E-state index in [0.717, 1.165) is 61.9 Å². The topological polar surface area (TPSA) is 92.9 Å². The van der Waals surface area contributed by atoms with E-state index >= 15 is 0 Å². The quantitative estimate of drug-likeness (QED) is 0.290. The SMILES string of the molecule is C[C@H](c1nc2ccc(C(=O)O)cc2n1C[C@@H]1CCO1)N1CCN(c2cccc(OCc3ccc(Cl)cc3F)n2)CC1. The molecule has 2 fully saturated rings. The van der Waals surface area contributed by atoms with Crippen molar-refractivity contribution in [2.24, 2.45) is 0 Å². The fourth-order valence-electron chi connectivity index (χ4n) is 5.37. The molecule has 4 heterocycles. The summed E-state index contributed by atoms with van der Waals surface area (Å²) in [4.78, 5) is 25.8. The summed E-state index contributed by atoms with van der Waals surface area (Å²) in [6.07, 6.45) is 1.09. The van der Waals surface area contributed by atoms with Gasteiger partial charge in [-0.25, -0.2) is 14.2 Å². The van der Waals surface area contributed by atoms with Gasteiger partial charge in [-0.05, 0) is 49.7 Å². The van der Waals surface area contributed by atoms with Crippen LogP contribution in [0.4, 0.5) is 10.2 Å². The minimum absolute atomic E-state index is 0.0230. The molecule has 2 aliphatic heterocycles. The minimum atomic E-state index is -0.953. The first-order valence-electron chi connectivity index (χ1n) is 13.7. The number of ether oxygens (including phenoxy) is 2. The Labute approximate surface area is 242 Å². The molecule has 0 spiro atoms. The lowest BCUT2D eigenvalue weighted by Gasteiger charge is -2.38. The van der Waals surface area contributed by atoms with Gasteiger partial charge in [0, 0.05) is 49.4 Å². The van der Waals surface area contributed by atoms with Crippen LogP contribution in [0.3, 0.4) is 0 Å². The highest BCUT2D eigenvalue weighted by molar-refractivity contribution is 6.30. The van der Waals surface area contributed by atoms with Gasteiger partial charge >= 0.3 is 5.97 Å². The molecule has 11 heteroatoms. The lowest BCUT2D eigenvalue weighted by Crippen LogP contribution is -2.48. The second-order valence-electron chi connectivity index (χ2n) is 10.4. The fraction of sp³-hybridized carbons (Fsp3) is 0.367. The Balaban J connectivity index is 1.14. The van der Waals surface area contributed by atoms with Crippen molar-refractivity contribution in [1.82, 2.24) is 19.4 Å². The zero-order chi connectivity index (χ0) is 28.5. The molecule has 2 aromatic heterocycles. The summed E-state index contributed by atoms with van der Waals surface area (Å²) in [5.74, 6) is 0.789. The maximum Gasteiger partial charge on any atom is 0.335 e. The standard InChI is InChI=1S/C30H31ClFN5O4/c1-19(29-33-25-8-6-20(30(38)39)15-26(25)37(29)17-23-9-14-40-23)35-10-12-36(13-11-35)27-3-2-4-28(34-27)41-18-21-5-7-22(31)16-24(21)32/h2-8,15-16,19,23H,9-14,17-18H2,1H3,(H,38,39)/t19-,23+/m1/s1. The van der Waals surface area contributed by atoms with Crippen molar-refractivity contribution in [3.8, 4) is 5.88 Å². The fourth-order valence-corrected chi connectivity index (χ4v) is 5.53. The monoisotopic (exact) mass is 579 g/mol. The molecule has 2 aromatic carbocycles. The Kier molecular flexibility index (Phi) is 7.79. The molecule has 1 N–H and O–H groups in total. The summed E-state index contributed by atoms with van der Waals surface area (Å²) >= 11 is 5.84. The molecule has 0 saturated carbocycles. The van der Waals surface area contributed by atoms with E-state index in [1.165, 1.54) is 6.07 Å². The van der Waals surface area contributed by atoms with Crippen LogP contribution in [-0.2, 0) is 17.9 Å². The Morgan fingerprint density at radius 1 is 1.15 bits per heavy atom. The number of nitrogens with zero attached hydrogens (tertiary/aromatic N) is 5. The molecular weight excluding hydrogens is 549 g/mol. The number of hydrogen-bond donors (Lipinski definition) is 1. The van der Waals surface area contributed by atoms with Gasteiger partial charge in [-0.2, -0.15) is 4.98 Å². The van der Waals surface area contributed by atoms with Crippen LogP contribution >= 0.6 is 11.6 Å². The Bertz CT molecular complexity index is 1570. The van der Waals surface area contributed by atoms with E-state index in [2.05, 4.69) is 26.3 Å². The van der Waals surface area contributed by atoms with Crippen LogP contribution in [0.25, 0.3) is 11.0 Å². The van der Waals surface area contributed by atoms with Crippen LogP contribution in [0, 0.1) is 5.82 Å². The summed E-state index contributed by atoms with van der Waals surface area (Å²) in [5.41, 5.74) is 2.27. The van der Waals surface area contributed by atoms with Crippen molar-refractivity contribution in [2.45, 2.75) is 38.6 Å². The number of carboxylic acid groups (broad SMARTS) is 1. The van der Waals surface area contributed by atoms with Crippen molar-refractivity contribution in [1.29, 1.82) is 0 Å². The maximum atomic E-state index is 14.1. The molecule has 214 valence electrons. The predicted octanol–water partition coefficient (Wildman–Crippen LogP) is 5.17. The Morgan fingerprint density at radius 2 is 1.95 bits per heavy atom. The molecular formula is C30H31ClFN5O4. The van der Waals surface area contributed by atoms with Crippen molar-refractivity contribution < 1.29 is 23.8 Å². The molecule has 41 heavy (non-hydrogen) atoms. The first-order valence-corrected chi connectivity index (χ1v) is 14.1. The Morgan fingerprint density at radius 3 is 2.66 bits per heavy atom. The van der Waals surface area contributed by atoms with E-state index in [9.17, 15) is 14.3 Å². The molecule has 9 nitrogen and oxygen atoms in total. The lowest BCUT2D eigenvalue weighted by molar-refractivity contribution is -0.0594. The first-order chi connectivity index (χ1) is 19.9. The smallest absolute Gasteiger partial charge is 0.335 e. The van der Waals surface area contributed by atoms with Gasteiger partial charge in [-0.1, -0.05) is 23.7 Å². The summed E-state index contributed by atoms with van der Waals surface area (Å²) in [5, 5.41) is 9.88. The van der Waals surface area contributed by atoms with Crippen LogP contribution in [-0.4, -0.2) is 69.4 Å². The number of rotatable bonds is 9. The number of hydrogen-bond acceptors (Lipinski definition) is 7. The molecule has 0 bridgehead atoms. The van der Waals surface area contributed by atoms with Gasteiger partial charge < -0.3 is 24.0 Å². The summed E-state index contributed by atoms with van der Waals surface area (Å²) in [7, 11) is 0. The maximum absolute atomic E-state index is 14.1. The van der Waals surface area contributed by atoms with Crippen molar-refractivity contribution >= 4 is 34.4 Å². The second-order valence-corrected chi connectivity index (χ2v) is 10.9. The lowest BCUT2D eigenvalue weighted by atomic mass is 10.1. The third kappa shape index (κ3) is 5.86. The van der Waals surface area contributed by atoms with Crippen LogP contribution in [0.1, 0.15) is 41.1 Å². The third-order valence-corrected chi connectivity index (χ3v) is 8.10. The van der Waals surface area contributed by atoms with Crippen LogP contribution in [0.2, 0.25) is 5.02 Å². The van der Waals surface area contributed by atoms with E-state index in [0.29, 0.717) is 23.0 Å². The van der Waals surface area contributed by atoms with E-state index in [-0.39, 0.29) is 24.3 Å². The number of fused-ring (bicyclic) bond motifs is 1. The number of pyridine rings is 1. The first kappa shape index (κ1) is 27.4. The van der Waals surface area contributed by atoms with Gasteiger partial charge in [0.25, 0.3) is 0 Å². The molecule has 2 atom stereocenters.